The van der Waals surface area contributed by atoms with Gasteiger partial charge in [-0.05, 0) is 33.6 Å². The topological polar surface area (TPSA) is 58.2 Å². The standard InChI is InChI=1S/C14H26N2O2/c1-11(2)14(18)15-10-8-6-5-7-9-13(17)16-12(3)4/h12H,1,5-10H2,2-4H3,(H,15,18)(H,16,17). The second-order valence-electron chi connectivity index (χ2n) is 4.92. The molecule has 0 bridgehead atoms. The molecule has 0 heterocycles. The second kappa shape index (κ2) is 9.68. The van der Waals surface area contributed by atoms with E-state index in [0.717, 1.165) is 25.7 Å². The molecule has 4 nitrogen and oxygen atoms in total. The Balaban J connectivity index is 3.34. The minimum atomic E-state index is -0.0775. The second-order valence-corrected chi connectivity index (χ2v) is 4.92. The molecule has 104 valence electrons. The monoisotopic (exact) mass is 254 g/mol. The molecule has 2 amide bonds. The summed E-state index contributed by atoms with van der Waals surface area (Å²) in [4.78, 5) is 22.5. The van der Waals surface area contributed by atoms with Crippen molar-refractivity contribution in [1.29, 1.82) is 0 Å². The van der Waals surface area contributed by atoms with Crippen molar-refractivity contribution in [2.24, 2.45) is 0 Å². The molecule has 0 aromatic rings. The van der Waals surface area contributed by atoms with E-state index in [1.165, 1.54) is 0 Å². The molecule has 0 aromatic carbocycles. The van der Waals surface area contributed by atoms with E-state index in [1.807, 2.05) is 13.8 Å². The third kappa shape index (κ3) is 9.87. The highest BCUT2D eigenvalue weighted by molar-refractivity contribution is 5.91. The van der Waals surface area contributed by atoms with Gasteiger partial charge < -0.3 is 10.6 Å². The number of amides is 2. The first-order valence-electron chi connectivity index (χ1n) is 6.66. The van der Waals surface area contributed by atoms with Gasteiger partial charge in [-0.2, -0.15) is 0 Å². The summed E-state index contributed by atoms with van der Waals surface area (Å²) < 4.78 is 0. The summed E-state index contributed by atoms with van der Waals surface area (Å²) in [6.07, 6.45) is 4.51. The molecule has 0 saturated carbocycles. The smallest absolute Gasteiger partial charge is 0.246 e. The van der Waals surface area contributed by atoms with E-state index in [1.54, 1.807) is 6.92 Å². The molecule has 0 radical (unpaired) electrons. The normalized spacial score (nSPS) is 10.2. The zero-order valence-corrected chi connectivity index (χ0v) is 11.8. The lowest BCUT2D eigenvalue weighted by atomic mass is 10.1. The predicted octanol–water partition coefficient (Wildman–Crippen LogP) is 2.15. The van der Waals surface area contributed by atoms with Gasteiger partial charge in [0.05, 0.1) is 0 Å². The number of unbranched alkanes of at least 4 members (excludes halogenated alkanes) is 3. The van der Waals surface area contributed by atoms with E-state index in [2.05, 4.69) is 17.2 Å². The number of carbonyl (C=O) groups excluding carboxylic acids is 2. The molecular formula is C14H26N2O2. The van der Waals surface area contributed by atoms with Crippen LogP contribution in [0.15, 0.2) is 12.2 Å². The van der Waals surface area contributed by atoms with Crippen LogP contribution in [0.5, 0.6) is 0 Å². The maximum absolute atomic E-state index is 11.3. The molecule has 0 fully saturated rings. The van der Waals surface area contributed by atoms with Gasteiger partial charge in [-0.1, -0.05) is 19.4 Å². The fourth-order valence-corrected chi connectivity index (χ4v) is 1.51. The van der Waals surface area contributed by atoms with Crippen molar-refractivity contribution in [3.8, 4) is 0 Å². The zero-order chi connectivity index (χ0) is 14.0. The molecule has 0 aliphatic carbocycles. The van der Waals surface area contributed by atoms with Crippen molar-refractivity contribution in [2.45, 2.75) is 58.9 Å². The van der Waals surface area contributed by atoms with Crippen molar-refractivity contribution < 1.29 is 9.59 Å². The van der Waals surface area contributed by atoms with E-state index >= 15 is 0 Å². The van der Waals surface area contributed by atoms with Gasteiger partial charge in [0.1, 0.15) is 0 Å². The predicted molar refractivity (Wildman–Crippen MR) is 74.2 cm³/mol. The Morgan fingerprint density at radius 3 is 2.28 bits per heavy atom. The zero-order valence-electron chi connectivity index (χ0n) is 11.8. The minimum absolute atomic E-state index is 0.0775. The Morgan fingerprint density at radius 2 is 1.72 bits per heavy atom. The summed E-state index contributed by atoms with van der Waals surface area (Å²) in [7, 11) is 0. The molecule has 0 atom stereocenters. The van der Waals surface area contributed by atoms with Gasteiger partial charge in [0.2, 0.25) is 11.8 Å². The molecule has 18 heavy (non-hydrogen) atoms. The van der Waals surface area contributed by atoms with Crippen LogP contribution in [-0.4, -0.2) is 24.4 Å². The average molecular weight is 254 g/mol. The Bertz CT molecular complexity index is 286. The Hall–Kier alpha value is -1.32. The molecule has 4 heteroatoms. The van der Waals surface area contributed by atoms with Crippen LogP contribution in [-0.2, 0) is 9.59 Å². The number of hydrogen-bond acceptors (Lipinski definition) is 2. The third-order valence-electron chi connectivity index (χ3n) is 2.45. The van der Waals surface area contributed by atoms with Gasteiger partial charge in [-0.15, -0.1) is 0 Å². The summed E-state index contributed by atoms with van der Waals surface area (Å²) in [5, 5.41) is 5.66. The van der Waals surface area contributed by atoms with Crippen LogP contribution >= 0.6 is 0 Å². The Kier molecular flexibility index (Phi) is 8.97. The van der Waals surface area contributed by atoms with Crippen LogP contribution in [0.25, 0.3) is 0 Å². The highest BCUT2D eigenvalue weighted by atomic mass is 16.2. The van der Waals surface area contributed by atoms with Crippen LogP contribution in [0.4, 0.5) is 0 Å². The minimum Gasteiger partial charge on any atom is -0.354 e. The number of carbonyl (C=O) groups is 2. The van der Waals surface area contributed by atoms with E-state index in [4.69, 9.17) is 0 Å². The van der Waals surface area contributed by atoms with Crippen LogP contribution in [0.2, 0.25) is 0 Å². The summed E-state index contributed by atoms with van der Waals surface area (Å²) in [5.74, 6) is 0.0481. The molecule has 0 aliphatic heterocycles. The Labute approximate surface area is 110 Å². The van der Waals surface area contributed by atoms with Crippen molar-refractivity contribution in [1.82, 2.24) is 10.6 Å². The molecule has 0 unspecified atom stereocenters. The lowest BCUT2D eigenvalue weighted by Gasteiger charge is -2.08. The number of hydrogen-bond donors (Lipinski definition) is 2. The van der Waals surface area contributed by atoms with Gasteiger partial charge in [-0.25, -0.2) is 0 Å². The summed E-state index contributed by atoms with van der Waals surface area (Å²) in [6.45, 7) is 9.87. The molecule has 2 N–H and O–H groups in total. The summed E-state index contributed by atoms with van der Waals surface area (Å²) >= 11 is 0. The maximum atomic E-state index is 11.3. The number of rotatable bonds is 9. The molecule has 0 spiro atoms. The largest absolute Gasteiger partial charge is 0.354 e. The van der Waals surface area contributed by atoms with E-state index < -0.39 is 0 Å². The van der Waals surface area contributed by atoms with Gasteiger partial charge in [0.25, 0.3) is 0 Å². The van der Waals surface area contributed by atoms with Crippen LogP contribution < -0.4 is 10.6 Å². The van der Waals surface area contributed by atoms with E-state index in [-0.39, 0.29) is 17.9 Å². The maximum Gasteiger partial charge on any atom is 0.246 e. The SMILES string of the molecule is C=C(C)C(=O)NCCCCCCC(=O)NC(C)C. The van der Waals surface area contributed by atoms with Crippen molar-refractivity contribution in [3.63, 3.8) is 0 Å². The van der Waals surface area contributed by atoms with Crippen molar-refractivity contribution in [2.75, 3.05) is 6.54 Å². The van der Waals surface area contributed by atoms with Crippen LogP contribution in [0.3, 0.4) is 0 Å². The highest BCUT2D eigenvalue weighted by Crippen LogP contribution is 2.02. The van der Waals surface area contributed by atoms with Gasteiger partial charge in [0.15, 0.2) is 0 Å². The van der Waals surface area contributed by atoms with Crippen molar-refractivity contribution >= 4 is 11.8 Å². The van der Waals surface area contributed by atoms with Gasteiger partial charge >= 0.3 is 0 Å². The fourth-order valence-electron chi connectivity index (χ4n) is 1.51. The van der Waals surface area contributed by atoms with Crippen LogP contribution in [0.1, 0.15) is 52.9 Å². The summed E-state index contributed by atoms with van der Waals surface area (Å²) in [5.41, 5.74) is 0.542. The average Bonchev–Trinajstić information content (AvgIpc) is 2.26. The highest BCUT2D eigenvalue weighted by Gasteiger charge is 2.03. The molecule has 0 aromatic heterocycles. The lowest BCUT2D eigenvalue weighted by molar-refractivity contribution is -0.121. The molecule has 0 saturated heterocycles. The first-order valence-corrected chi connectivity index (χ1v) is 6.66. The molecular weight excluding hydrogens is 228 g/mol. The molecule has 0 aliphatic rings. The van der Waals surface area contributed by atoms with Crippen LogP contribution in [0, 0.1) is 0 Å². The first-order chi connectivity index (χ1) is 8.43. The fraction of sp³-hybridized carbons (Fsp3) is 0.714. The third-order valence-corrected chi connectivity index (χ3v) is 2.45. The molecule has 0 rings (SSSR count). The van der Waals surface area contributed by atoms with E-state index in [9.17, 15) is 9.59 Å². The summed E-state index contributed by atoms with van der Waals surface area (Å²) in [6, 6.07) is 0.217. The first kappa shape index (κ1) is 16.7. The number of nitrogens with one attached hydrogen (secondary N) is 2. The van der Waals surface area contributed by atoms with Crippen molar-refractivity contribution in [3.05, 3.63) is 12.2 Å². The lowest BCUT2D eigenvalue weighted by Crippen LogP contribution is -2.29. The Morgan fingerprint density at radius 1 is 1.11 bits per heavy atom. The van der Waals surface area contributed by atoms with E-state index in [0.29, 0.717) is 18.5 Å². The van der Waals surface area contributed by atoms with Gasteiger partial charge in [0, 0.05) is 24.6 Å². The quantitative estimate of drug-likeness (QED) is 0.489. The van der Waals surface area contributed by atoms with Gasteiger partial charge in [-0.3, -0.25) is 9.59 Å².